The van der Waals surface area contributed by atoms with Crippen molar-refractivity contribution in [3.63, 3.8) is 0 Å². The number of imidazole rings is 1. The number of aromatic nitrogens is 3. The molecule has 0 aliphatic carbocycles. The maximum absolute atomic E-state index is 10.5. The van der Waals surface area contributed by atoms with Crippen LogP contribution in [0.25, 0.3) is 5.65 Å². The Kier molecular flexibility index (Phi) is 2.60. The predicted molar refractivity (Wildman–Crippen MR) is 58.4 cm³/mol. The van der Waals surface area contributed by atoms with Gasteiger partial charge in [-0.2, -0.15) is 0 Å². The number of hydrogen-bond acceptors (Lipinski definition) is 3. The molecule has 16 heavy (non-hydrogen) atoms. The van der Waals surface area contributed by atoms with E-state index in [-0.39, 0.29) is 6.42 Å². The fraction of sp³-hybridized carbons (Fsp3) is 0.364. The van der Waals surface area contributed by atoms with Crippen LogP contribution in [0, 0.1) is 13.8 Å². The number of rotatable bonds is 3. The molecular formula is C11H13N3O2. The zero-order valence-electron chi connectivity index (χ0n) is 9.27. The first kappa shape index (κ1) is 10.6. The number of carboxylic acid groups (broad SMARTS) is 1. The number of carbonyl (C=O) groups is 1. The minimum Gasteiger partial charge on any atom is -0.481 e. The van der Waals surface area contributed by atoms with E-state index in [1.165, 1.54) is 0 Å². The summed E-state index contributed by atoms with van der Waals surface area (Å²) < 4.78 is 1.94. The van der Waals surface area contributed by atoms with Gasteiger partial charge in [-0.15, -0.1) is 0 Å². The zero-order chi connectivity index (χ0) is 11.7. The first-order chi connectivity index (χ1) is 7.59. The maximum Gasteiger partial charge on any atom is 0.303 e. The standard InChI is InChI=1S/C11H13N3O2/c1-7-9(3-4-11(15)16)13-10-5-6-12-8(2)14(7)10/h5-6H,3-4H2,1-2H3,(H,15,16). The Hall–Kier alpha value is -1.91. The van der Waals surface area contributed by atoms with Crippen molar-refractivity contribution in [1.29, 1.82) is 0 Å². The summed E-state index contributed by atoms with van der Waals surface area (Å²) in [5, 5.41) is 8.65. The minimum atomic E-state index is -0.800. The van der Waals surface area contributed by atoms with Crippen molar-refractivity contribution >= 4 is 11.6 Å². The molecule has 0 radical (unpaired) electrons. The predicted octanol–water partition coefficient (Wildman–Crippen LogP) is 1.36. The van der Waals surface area contributed by atoms with Gasteiger partial charge in [0.2, 0.25) is 0 Å². The lowest BCUT2D eigenvalue weighted by Crippen LogP contribution is -2.00. The topological polar surface area (TPSA) is 67.5 Å². The van der Waals surface area contributed by atoms with E-state index < -0.39 is 5.97 Å². The molecule has 2 rings (SSSR count). The molecule has 84 valence electrons. The number of aryl methyl sites for hydroxylation is 3. The highest BCUT2D eigenvalue weighted by atomic mass is 16.4. The van der Waals surface area contributed by atoms with Crippen molar-refractivity contribution < 1.29 is 9.90 Å². The van der Waals surface area contributed by atoms with Gasteiger partial charge in [-0.3, -0.25) is 9.20 Å². The summed E-state index contributed by atoms with van der Waals surface area (Å²) in [6, 6.07) is 1.82. The van der Waals surface area contributed by atoms with Crippen LogP contribution in [-0.2, 0) is 11.2 Å². The molecule has 2 aromatic rings. The Morgan fingerprint density at radius 2 is 2.25 bits per heavy atom. The van der Waals surface area contributed by atoms with E-state index in [9.17, 15) is 4.79 Å². The summed E-state index contributed by atoms with van der Waals surface area (Å²) in [5.74, 6) is 0.0652. The van der Waals surface area contributed by atoms with Gasteiger partial charge in [0, 0.05) is 18.3 Å². The van der Waals surface area contributed by atoms with E-state index >= 15 is 0 Å². The molecule has 0 aliphatic rings. The molecule has 0 amide bonds. The Balaban J connectivity index is 2.44. The Morgan fingerprint density at radius 3 is 2.88 bits per heavy atom. The number of nitrogens with zero attached hydrogens (tertiary/aromatic N) is 3. The van der Waals surface area contributed by atoms with Crippen LogP contribution < -0.4 is 0 Å². The molecule has 0 spiro atoms. The largest absolute Gasteiger partial charge is 0.481 e. The lowest BCUT2D eigenvalue weighted by molar-refractivity contribution is -0.136. The molecule has 0 saturated carbocycles. The minimum absolute atomic E-state index is 0.108. The summed E-state index contributed by atoms with van der Waals surface area (Å²) in [7, 11) is 0. The van der Waals surface area contributed by atoms with E-state index in [1.54, 1.807) is 6.20 Å². The lowest BCUT2D eigenvalue weighted by atomic mass is 10.2. The number of aliphatic carboxylic acids is 1. The second-order valence-corrected chi connectivity index (χ2v) is 3.72. The smallest absolute Gasteiger partial charge is 0.303 e. The monoisotopic (exact) mass is 219 g/mol. The van der Waals surface area contributed by atoms with Crippen LogP contribution in [0.15, 0.2) is 12.3 Å². The normalized spacial score (nSPS) is 10.9. The molecule has 5 nitrogen and oxygen atoms in total. The first-order valence-corrected chi connectivity index (χ1v) is 5.11. The molecule has 0 saturated heterocycles. The summed E-state index contributed by atoms with van der Waals surface area (Å²) in [6.45, 7) is 3.84. The summed E-state index contributed by atoms with van der Waals surface area (Å²) >= 11 is 0. The quantitative estimate of drug-likeness (QED) is 0.846. The molecular weight excluding hydrogens is 206 g/mol. The molecule has 2 heterocycles. The van der Waals surface area contributed by atoms with Crippen molar-refractivity contribution in [2.45, 2.75) is 26.7 Å². The van der Waals surface area contributed by atoms with Gasteiger partial charge in [0.05, 0.1) is 12.1 Å². The SMILES string of the molecule is Cc1nccc2nc(CCC(=O)O)c(C)n12. The van der Waals surface area contributed by atoms with Crippen molar-refractivity contribution in [2.75, 3.05) is 0 Å². The summed E-state index contributed by atoms with van der Waals surface area (Å²) in [5.41, 5.74) is 2.63. The van der Waals surface area contributed by atoms with Gasteiger partial charge in [-0.05, 0) is 19.9 Å². The van der Waals surface area contributed by atoms with E-state index in [4.69, 9.17) is 5.11 Å². The van der Waals surface area contributed by atoms with Gasteiger partial charge in [0.1, 0.15) is 11.5 Å². The Bertz CT molecular complexity index is 545. The fourth-order valence-corrected chi connectivity index (χ4v) is 1.82. The zero-order valence-corrected chi connectivity index (χ0v) is 9.27. The number of carboxylic acids is 1. The van der Waals surface area contributed by atoms with E-state index in [0.29, 0.717) is 6.42 Å². The van der Waals surface area contributed by atoms with Gasteiger partial charge in [-0.1, -0.05) is 0 Å². The third-order valence-corrected chi connectivity index (χ3v) is 2.62. The van der Waals surface area contributed by atoms with Gasteiger partial charge in [0.15, 0.2) is 0 Å². The molecule has 0 atom stereocenters. The van der Waals surface area contributed by atoms with Crippen LogP contribution >= 0.6 is 0 Å². The van der Waals surface area contributed by atoms with Gasteiger partial charge < -0.3 is 5.11 Å². The molecule has 0 aromatic carbocycles. The number of hydrogen-bond donors (Lipinski definition) is 1. The highest BCUT2D eigenvalue weighted by Crippen LogP contribution is 2.14. The van der Waals surface area contributed by atoms with Crippen molar-refractivity contribution in [3.8, 4) is 0 Å². The van der Waals surface area contributed by atoms with E-state index in [2.05, 4.69) is 9.97 Å². The third kappa shape index (κ3) is 1.76. The highest BCUT2D eigenvalue weighted by molar-refractivity contribution is 5.67. The van der Waals surface area contributed by atoms with Crippen molar-refractivity contribution in [2.24, 2.45) is 0 Å². The van der Waals surface area contributed by atoms with Gasteiger partial charge in [0.25, 0.3) is 0 Å². The van der Waals surface area contributed by atoms with Gasteiger partial charge in [-0.25, -0.2) is 9.97 Å². The third-order valence-electron chi connectivity index (χ3n) is 2.62. The van der Waals surface area contributed by atoms with Crippen LogP contribution in [0.4, 0.5) is 0 Å². The average molecular weight is 219 g/mol. The number of fused-ring (bicyclic) bond motifs is 1. The van der Waals surface area contributed by atoms with E-state index in [0.717, 1.165) is 22.9 Å². The van der Waals surface area contributed by atoms with Crippen LogP contribution in [0.2, 0.25) is 0 Å². The van der Waals surface area contributed by atoms with Gasteiger partial charge >= 0.3 is 5.97 Å². The van der Waals surface area contributed by atoms with Crippen LogP contribution in [0.1, 0.15) is 23.6 Å². The van der Waals surface area contributed by atoms with Crippen LogP contribution in [-0.4, -0.2) is 25.4 Å². The molecule has 0 unspecified atom stereocenters. The summed E-state index contributed by atoms with van der Waals surface area (Å²) in [6.07, 6.45) is 2.28. The summed E-state index contributed by atoms with van der Waals surface area (Å²) in [4.78, 5) is 19.1. The lowest BCUT2D eigenvalue weighted by Gasteiger charge is -2.00. The average Bonchev–Trinajstić information content (AvgIpc) is 2.54. The Morgan fingerprint density at radius 1 is 1.50 bits per heavy atom. The molecule has 5 heteroatoms. The second kappa shape index (κ2) is 3.92. The second-order valence-electron chi connectivity index (χ2n) is 3.72. The first-order valence-electron chi connectivity index (χ1n) is 5.11. The van der Waals surface area contributed by atoms with E-state index in [1.807, 2.05) is 24.3 Å². The molecule has 0 fully saturated rings. The van der Waals surface area contributed by atoms with Crippen LogP contribution in [0.3, 0.4) is 0 Å². The molecule has 0 bridgehead atoms. The Labute approximate surface area is 92.8 Å². The van der Waals surface area contributed by atoms with Crippen molar-refractivity contribution in [1.82, 2.24) is 14.4 Å². The fourth-order valence-electron chi connectivity index (χ4n) is 1.82. The van der Waals surface area contributed by atoms with Crippen molar-refractivity contribution in [3.05, 3.63) is 29.5 Å². The maximum atomic E-state index is 10.5. The molecule has 2 aromatic heterocycles. The molecule has 0 aliphatic heterocycles. The molecule has 1 N–H and O–H groups in total. The highest BCUT2D eigenvalue weighted by Gasteiger charge is 2.11. The van der Waals surface area contributed by atoms with Crippen LogP contribution in [0.5, 0.6) is 0 Å².